The predicted octanol–water partition coefficient (Wildman–Crippen LogP) is 2.89. The molecule has 5 heteroatoms. The Labute approximate surface area is 121 Å². The Morgan fingerprint density at radius 3 is 2.79 bits per heavy atom. The lowest BCUT2D eigenvalue weighted by molar-refractivity contribution is 0.416. The monoisotopic (exact) mass is 323 g/mol. The van der Waals surface area contributed by atoms with Crippen molar-refractivity contribution in [2.24, 2.45) is 7.05 Å². The van der Waals surface area contributed by atoms with Gasteiger partial charge in [-0.15, -0.1) is 0 Å². The summed E-state index contributed by atoms with van der Waals surface area (Å²) in [6.45, 7) is 2.89. The summed E-state index contributed by atoms with van der Waals surface area (Å²) >= 11 is 3.50. The number of hydrogen-bond acceptors (Lipinski definition) is 3. The lowest BCUT2D eigenvalue weighted by Crippen LogP contribution is -2.10. The lowest BCUT2D eigenvalue weighted by atomic mass is 10.1. The summed E-state index contributed by atoms with van der Waals surface area (Å²) < 4.78 is 8.37. The van der Waals surface area contributed by atoms with Gasteiger partial charge in [-0.2, -0.15) is 5.10 Å². The molecule has 19 heavy (non-hydrogen) atoms. The summed E-state index contributed by atoms with van der Waals surface area (Å²) in [5.41, 5.74) is 4.33. The predicted molar refractivity (Wildman–Crippen MR) is 80.4 cm³/mol. The summed E-state index contributed by atoms with van der Waals surface area (Å²) in [6, 6.07) is 5.96. The smallest absolute Gasteiger partial charge is 0.128 e. The number of methoxy groups -OCH3 is 1. The van der Waals surface area contributed by atoms with Gasteiger partial charge in [0.15, 0.2) is 0 Å². The van der Waals surface area contributed by atoms with E-state index in [2.05, 4.69) is 33.3 Å². The van der Waals surface area contributed by atoms with Crippen LogP contribution < -0.4 is 10.1 Å². The normalized spacial score (nSPS) is 10.8. The van der Waals surface area contributed by atoms with E-state index < -0.39 is 0 Å². The van der Waals surface area contributed by atoms with Gasteiger partial charge < -0.3 is 10.1 Å². The highest BCUT2D eigenvalue weighted by Gasteiger charge is 2.16. The van der Waals surface area contributed by atoms with Crippen molar-refractivity contribution in [2.75, 3.05) is 14.2 Å². The summed E-state index contributed by atoms with van der Waals surface area (Å²) in [7, 11) is 5.58. The molecule has 0 fully saturated rings. The Kier molecular flexibility index (Phi) is 4.27. The van der Waals surface area contributed by atoms with Crippen molar-refractivity contribution in [2.45, 2.75) is 13.5 Å². The highest BCUT2D eigenvalue weighted by atomic mass is 79.9. The van der Waals surface area contributed by atoms with Gasteiger partial charge in [0.2, 0.25) is 0 Å². The highest BCUT2D eigenvalue weighted by Crippen LogP contribution is 2.34. The van der Waals surface area contributed by atoms with Crippen molar-refractivity contribution in [3.63, 3.8) is 0 Å². The molecule has 0 spiro atoms. The Balaban J connectivity index is 2.59. The number of rotatable bonds is 4. The molecular weight excluding hydrogens is 306 g/mol. The van der Waals surface area contributed by atoms with Gasteiger partial charge in [-0.25, -0.2) is 0 Å². The SMILES string of the molecule is CNCc1c(C)c(-c2cc(Br)ccc2OC)nn1C. The Morgan fingerprint density at radius 2 is 2.16 bits per heavy atom. The van der Waals surface area contributed by atoms with Gasteiger partial charge in [-0.3, -0.25) is 4.68 Å². The maximum absolute atomic E-state index is 5.43. The van der Waals surface area contributed by atoms with E-state index in [1.54, 1.807) is 7.11 Å². The number of hydrogen-bond donors (Lipinski definition) is 1. The van der Waals surface area contributed by atoms with Crippen LogP contribution in [0.2, 0.25) is 0 Å². The largest absolute Gasteiger partial charge is 0.496 e. The zero-order chi connectivity index (χ0) is 14.0. The van der Waals surface area contributed by atoms with Crippen LogP contribution in [0.15, 0.2) is 22.7 Å². The standard InChI is InChI=1S/C14H18BrN3O/c1-9-12(8-16-2)18(3)17-14(9)11-7-10(15)5-6-13(11)19-4/h5-7,16H,8H2,1-4H3. The van der Waals surface area contributed by atoms with Gasteiger partial charge in [-0.1, -0.05) is 15.9 Å². The van der Waals surface area contributed by atoms with Crippen LogP contribution in [0.25, 0.3) is 11.3 Å². The van der Waals surface area contributed by atoms with E-state index in [0.717, 1.165) is 28.0 Å². The van der Waals surface area contributed by atoms with E-state index in [1.165, 1.54) is 11.3 Å². The van der Waals surface area contributed by atoms with Crippen LogP contribution in [-0.4, -0.2) is 23.9 Å². The number of aromatic nitrogens is 2. The van der Waals surface area contributed by atoms with Crippen LogP contribution in [0.4, 0.5) is 0 Å². The van der Waals surface area contributed by atoms with Crippen LogP contribution in [0.1, 0.15) is 11.3 Å². The maximum atomic E-state index is 5.43. The molecule has 0 aliphatic rings. The zero-order valence-electron chi connectivity index (χ0n) is 11.6. The molecule has 0 radical (unpaired) electrons. The Bertz CT molecular complexity index is 593. The van der Waals surface area contributed by atoms with Crippen molar-refractivity contribution < 1.29 is 4.74 Å². The third-order valence-electron chi connectivity index (χ3n) is 3.19. The average Bonchev–Trinajstić information content (AvgIpc) is 2.67. The fourth-order valence-corrected chi connectivity index (χ4v) is 2.56. The minimum Gasteiger partial charge on any atom is -0.496 e. The van der Waals surface area contributed by atoms with Crippen molar-refractivity contribution in [1.82, 2.24) is 15.1 Å². The van der Waals surface area contributed by atoms with Crippen molar-refractivity contribution in [3.05, 3.63) is 33.9 Å². The van der Waals surface area contributed by atoms with Gasteiger partial charge in [-0.05, 0) is 37.7 Å². The number of halogens is 1. The average molecular weight is 324 g/mol. The first-order valence-electron chi connectivity index (χ1n) is 6.09. The van der Waals surface area contributed by atoms with E-state index in [0.29, 0.717) is 0 Å². The molecule has 1 aromatic carbocycles. The second-order valence-electron chi connectivity index (χ2n) is 4.42. The zero-order valence-corrected chi connectivity index (χ0v) is 13.2. The van der Waals surface area contributed by atoms with Crippen molar-refractivity contribution in [1.29, 1.82) is 0 Å². The van der Waals surface area contributed by atoms with Gasteiger partial charge in [0.05, 0.1) is 18.5 Å². The first-order valence-corrected chi connectivity index (χ1v) is 6.88. The molecule has 1 aromatic heterocycles. The number of ether oxygens (including phenoxy) is 1. The van der Waals surface area contributed by atoms with Crippen LogP contribution in [0, 0.1) is 6.92 Å². The number of nitrogens with zero attached hydrogens (tertiary/aromatic N) is 2. The van der Waals surface area contributed by atoms with Crippen LogP contribution in [0.3, 0.4) is 0 Å². The number of aryl methyl sites for hydroxylation is 1. The molecule has 0 atom stereocenters. The van der Waals surface area contributed by atoms with E-state index >= 15 is 0 Å². The first kappa shape index (κ1) is 14.1. The molecule has 0 aliphatic carbocycles. The molecule has 102 valence electrons. The first-order chi connectivity index (χ1) is 9.08. The molecule has 1 heterocycles. The molecule has 0 saturated carbocycles. The number of nitrogens with one attached hydrogen (secondary N) is 1. The summed E-state index contributed by atoms with van der Waals surface area (Å²) in [5.74, 6) is 0.834. The third kappa shape index (κ3) is 2.67. The number of benzene rings is 1. The molecule has 0 saturated heterocycles. The highest BCUT2D eigenvalue weighted by molar-refractivity contribution is 9.10. The fourth-order valence-electron chi connectivity index (χ4n) is 2.20. The van der Waals surface area contributed by atoms with Gasteiger partial charge in [0.25, 0.3) is 0 Å². The maximum Gasteiger partial charge on any atom is 0.128 e. The molecule has 0 amide bonds. The second-order valence-corrected chi connectivity index (χ2v) is 5.33. The molecule has 0 aliphatic heterocycles. The quantitative estimate of drug-likeness (QED) is 0.940. The third-order valence-corrected chi connectivity index (χ3v) is 3.68. The molecule has 2 rings (SSSR count). The summed E-state index contributed by atoms with van der Waals surface area (Å²) in [6.07, 6.45) is 0. The van der Waals surface area contributed by atoms with E-state index in [4.69, 9.17) is 4.74 Å². The van der Waals surface area contributed by atoms with Crippen molar-refractivity contribution >= 4 is 15.9 Å². The summed E-state index contributed by atoms with van der Waals surface area (Å²) in [4.78, 5) is 0. The van der Waals surface area contributed by atoms with Gasteiger partial charge in [0, 0.05) is 23.6 Å². The molecule has 1 N–H and O–H groups in total. The van der Waals surface area contributed by atoms with Crippen molar-refractivity contribution in [3.8, 4) is 17.0 Å². The molecular formula is C14H18BrN3O. The van der Waals surface area contributed by atoms with Gasteiger partial charge >= 0.3 is 0 Å². The van der Waals surface area contributed by atoms with Gasteiger partial charge in [0.1, 0.15) is 5.75 Å². The fraction of sp³-hybridized carbons (Fsp3) is 0.357. The summed E-state index contributed by atoms with van der Waals surface area (Å²) in [5, 5.41) is 7.79. The Hall–Kier alpha value is -1.33. The van der Waals surface area contributed by atoms with E-state index in [1.807, 2.05) is 37.0 Å². The second kappa shape index (κ2) is 5.75. The molecule has 2 aromatic rings. The van der Waals surface area contributed by atoms with Crippen LogP contribution in [-0.2, 0) is 13.6 Å². The van der Waals surface area contributed by atoms with Crippen LogP contribution in [0.5, 0.6) is 5.75 Å². The molecule has 4 nitrogen and oxygen atoms in total. The minimum absolute atomic E-state index is 0.797. The topological polar surface area (TPSA) is 39.1 Å². The lowest BCUT2D eigenvalue weighted by Gasteiger charge is -2.07. The Morgan fingerprint density at radius 1 is 1.42 bits per heavy atom. The van der Waals surface area contributed by atoms with Crippen LogP contribution >= 0.6 is 15.9 Å². The van der Waals surface area contributed by atoms with E-state index in [-0.39, 0.29) is 0 Å². The molecule has 0 unspecified atom stereocenters. The minimum atomic E-state index is 0.797. The van der Waals surface area contributed by atoms with E-state index in [9.17, 15) is 0 Å². The molecule has 0 bridgehead atoms.